The Kier molecular flexibility index (Phi) is 5.08. The molecule has 0 atom stereocenters. The van der Waals surface area contributed by atoms with Crippen LogP contribution in [0.5, 0.6) is 0 Å². The van der Waals surface area contributed by atoms with Crippen molar-refractivity contribution in [3.63, 3.8) is 0 Å². The van der Waals surface area contributed by atoms with Gasteiger partial charge in [0.1, 0.15) is 0 Å². The molecule has 0 fully saturated rings. The zero-order valence-corrected chi connectivity index (χ0v) is 14.0. The maximum absolute atomic E-state index is 10.6. The molecule has 0 unspecified atom stereocenters. The first-order chi connectivity index (χ1) is 11.6. The van der Waals surface area contributed by atoms with Crippen molar-refractivity contribution < 1.29 is 4.92 Å². The average molecular weight is 358 g/mol. The summed E-state index contributed by atoms with van der Waals surface area (Å²) in [5.74, 6) is 0.651. The molecule has 120 valence electrons. The number of nitro benzene ring substituents is 1. The minimum Gasteiger partial charge on any atom is -0.258 e. The molecular formula is C17H12ClN3O2S. The molecule has 0 aliphatic heterocycles. The first-order valence-corrected chi connectivity index (χ1v) is 8.42. The third-order valence-electron chi connectivity index (χ3n) is 3.32. The zero-order chi connectivity index (χ0) is 16.9. The number of hydrogen-bond acceptors (Lipinski definition) is 5. The van der Waals surface area contributed by atoms with Gasteiger partial charge in [-0.1, -0.05) is 47.6 Å². The predicted molar refractivity (Wildman–Crippen MR) is 95.1 cm³/mol. The van der Waals surface area contributed by atoms with Crippen LogP contribution in [0.1, 0.15) is 5.56 Å². The van der Waals surface area contributed by atoms with E-state index in [1.165, 1.54) is 23.9 Å². The quantitative estimate of drug-likeness (QED) is 0.278. The monoisotopic (exact) mass is 357 g/mol. The van der Waals surface area contributed by atoms with Crippen LogP contribution < -0.4 is 0 Å². The van der Waals surface area contributed by atoms with Crippen molar-refractivity contribution in [2.45, 2.75) is 10.9 Å². The third-order valence-corrected chi connectivity index (χ3v) is 4.52. The van der Waals surface area contributed by atoms with Crippen LogP contribution in [0, 0.1) is 10.1 Å². The molecule has 0 spiro atoms. The summed E-state index contributed by atoms with van der Waals surface area (Å²) in [5, 5.41) is 12.0. The molecule has 0 N–H and O–H groups in total. The van der Waals surface area contributed by atoms with Crippen LogP contribution in [0.2, 0.25) is 5.02 Å². The van der Waals surface area contributed by atoms with Gasteiger partial charge in [-0.05, 0) is 23.3 Å². The van der Waals surface area contributed by atoms with Crippen LogP contribution in [0.4, 0.5) is 5.69 Å². The second-order valence-electron chi connectivity index (χ2n) is 4.97. The first kappa shape index (κ1) is 16.4. The van der Waals surface area contributed by atoms with Gasteiger partial charge in [0.25, 0.3) is 5.69 Å². The minimum absolute atomic E-state index is 0.0901. The molecule has 7 heteroatoms. The predicted octanol–water partition coefficient (Wildman–Crippen LogP) is 5.00. The van der Waals surface area contributed by atoms with Gasteiger partial charge in [0.2, 0.25) is 0 Å². The van der Waals surface area contributed by atoms with Crippen molar-refractivity contribution in [2.24, 2.45) is 0 Å². The lowest BCUT2D eigenvalue weighted by atomic mass is 10.1. The van der Waals surface area contributed by atoms with Crippen LogP contribution in [0.25, 0.3) is 11.1 Å². The van der Waals surface area contributed by atoms with E-state index in [4.69, 9.17) is 11.6 Å². The third kappa shape index (κ3) is 4.10. The van der Waals surface area contributed by atoms with E-state index in [2.05, 4.69) is 9.97 Å². The van der Waals surface area contributed by atoms with Crippen molar-refractivity contribution in [1.29, 1.82) is 0 Å². The molecule has 2 aromatic carbocycles. The Morgan fingerprint density at radius 3 is 2.17 bits per heavy atom. The van der Waals surface area contributed by atoms with E-state index < -0.39 is 4.92 Å². The number of aromatic nitrogens is 2. The highest BCUT2D eigenvalue weighted by Crippen LogP contribution is 2.24. The fraction of sp³-hybridized carbons (Fsp3) is 0.0588. The number of hydrogen-bond donors (Lipinski definition) is 0. The summed E-state index contributed by atoms with van der Waals surface area (Å²) >= 11 is 7.36. The maximum Gasteiger partial charge on any atom is 0.269 e. The van der Waals surface area contributed by atoms with Crippen LogP contribution in [0.15, 0.2) is 66.1 Å². The highest BCUT2D eigenvalue weighted by Gasteiger charge is 2.06. The number of non-ortho nitro benzene ring substituents is 1. The standard InChI is InChI=1S/C17H12ClN3O2S/c18-15-5-3-13(4-6-15)14-9-19-17(20-10-14)24-11-12-1-7-16(8-2-12)21(22)23/h1-10H,11H2. The fourth-order valence-corrected chi connectivity index (χ4v) is 2.91. The van der Waals surface area contributed by atoms with E-state index >= 15 is 0 Å². The molecule has 5 nitrogen and oxygen atoms in total. The molecule has 1 aromatic heterocycles. The largest absolute Gasteiger partial charge is 0.269 e. The van der Waals surface area contributed by atoms with Crippen LogP contribution in [0.3, 0.4) is 0 Å². The van der Waals surface area contributed by atoms with Gasteiger partial charge in [0.15, 0.2) is 5.16 Å². The molecule has 0 aliphatic carbocycles. The lowest BCUT2D eigenvalue weighted by Crippen LogP contribution is -1.90. The molecule has 3 rings (SSSR count). The summed E-state index contributed by atoms with van der Waals surface area (Å²) in [6, 6.07) is 14.0. The molecule has 0 saturated heterocycles. The molecule has 0 radical (unpaired) electrons. The Balaban J connectivity index is 1.63. The fourth-order valence-electron chi connectivity index (χ4n) is 2.04. The molecule has 0 saturated carbocycles. The lowest BCUT2D eigenvalue weighted by Gasteiger charge is -2.03. The molecule has 24 heavy (non-hydrogen) atoms. The molecular weight excluding hydrogens is 346 g/mol. The normalized spacial score (nSPS) is 10.5. The number of thioether (sulfide) groups is 1. The molecule has 1 heterocycles. The van der Waals surface area contributed by atoms with E-state index in [1.807, 2.05) is 24.3 Å². The highest BCUT2D eigenvalue weighted by atomic mass is 35.5. The summed E-state index contributed by atoms with van der Waals surface area (Å²) in [5.41, 5.74) is 3.00. The van der Waals surface area contributed by atoms with Crippen molar-refractivity contribution in [3.05, 3.63) is 81.6 Å². The molecule has 0 amide bonds. The second-order valence-corrected chi connectivity index (χ2v) is 6.35. The Morgan fingerprint density at radius 1 is 0.958 bits per heavy atom. The van der Waals surface area contributed by atoms with Gasteiger partial charge in [-0.25, -0.2) is 9.97 Å². The Bertz CT molecular complexity index is 837. The summed E-state index contributed by atoms with van der Waals surface area (Å²) < 4.78 is 0. The Labute approximate surface area is 147 Å². The van der Waals surface area contributed by atoms with Gasteiger partial charge < -0.3 is 0 Å². The van der Waals surface area contributed by atoms with Crippen LogP contribution >= 0.6 is 23.4 Å². The van der Waals surface area contributed by atoms with E-state index in [0.717, 1.165) is 16.7 Å². The SMILES string of the molecule is O=[N+]([O-])c1ccc(CSc2ncc(-c3ccc(Cl)cc3)cn2)cc1. The number of nitro groups is 1. The van der Waals surface area contributed by atoms with Crippen molar-refractivity contribution >= 4 is 29.1 Å². The van der Waals surface area contributed by atoms with Gasteiger partial charge in [0.05, 0.1) is 4.92 Å². The van der Waals surface area contributed by atoms with E-state index in [9.17, 15) is 10.1 Å². The van der Waals surface area contributed by atoms with Crippen molar-refractivity contribution in [3.8, 4) is 11.1 Å². The van der Waals surface area contributed by atoms with Gasteiger partial charge in [-0.3, -0.25) is 10.1 Å². The molecule has 3 aromatic rings. The summed E-state index contributed by atoms with van der Waals surface area (Å²) in [7, 11) is 0. The van der Waals surface area contributed by atoms with Gasteiger partial charge >= 0.3 is 0 Å². The van der Waals surface area contributed by atoms with E-state index in [0.29, 0.717) is 15.9 Å². The van der Waals surface area contributed by atoms with E-state index in [-0.39, 0.29) is 5.69 Å². The van der Waals surface area contributed by atoms with Crippen LogP contribution in [-0.4, -0.2) is 14.9 Å². The second kappa shape index (κ2) is 7.42. The zero-order valence-electron chi connectivity index (χ0n) is 12.4. The average Bonchev–Trinajstić information content (AvgIpc) is 2.61. The number of benzene rings is 2. The maximum atomic E-state index is 10.6. The molecule has 0 bridgehead atoms. The van der Waals surface area contributed by atoms with Crippen LogP contribution in [-0.2, 0) is 5.75 Å². The van der Waals surface area contributed by atoms with E-state index in [1.54, 1.807) is 24.5 Å². The smallest absolute Gasteiger partial charge is 0.258 e. The lowest BCUT2D eigenvalue weighted by molar-refractivity contribution is -0.384. The number of rotatable bonds is 5. The summed E-state index contributed by atoms with van der Waals surface area (Å²) in [6.45, 7) is 0. The number of nitrogens with zero attached hydrogens (tertiary/aromatic N) is 3. The Morgan fingerprint density at radius 2 is 1.58 bits per heavy atom. The van der Waals surface area contributed by atoms with Crippen molar-refractivity contribution in [1.82, 2.24) is 9.97 Å². The highest BCUT2D eigenvalue weighted by molar-refractivity contribution is 7.98. The van der Waals surface area contributed by atoms with Gasteiger partial charge in [-0.15, -0.1) is 0 Å². The first-order valence-electron chi connectivity index (χ1n) is 7.06. The van der Waals surface area contributed by atoms with Crippen molar-refractivity contribution in [2.75, 3.05) is 0 Å². The minimum atomic E-state index is -0.407. The molecule has 0 aliphatic rings. The summed E-state index contributed by atoms with van der Waals surface area (Å²) in [4.78, 5) is 18.9. The van der Waals surface area contributed by atoms with Gasteiger partial charge in [-0.2, -0.15) is 0 Å². The number of halogens is 1. The Hall–Kier alpha value is -2.44. The van der Waals surface area contributed by atoms with Gasteiger partial charge in [0, 0.05) is 40.9 Å². The summed E-state index contributed by atoms with van der Waals surface area (Å²) in [6.07, 6.45) is 3.54. The topological polar surface area (TPSA) is 68.9 Å².